The Kier molecular flexibility index (Phi) is 4.18. The van der Waals surface area contributed by atoms with E-state index < -0.39 is 0 Å². The van der Waals surface area contributed by atoms with E-state index in [1.54, 1.807) is 0 Å². The molecule has 0 spiro atoms. The summed E-state index contributed by atoms with van der Waals surface area (Å²) in [4.78, 5) is 6.96. The van der Waals surface area contributed by atoms with E-state index in [9.17, 15) is 0 Å². The molecule has 1 heterocycles. The van der Waals surface area contributed by atoms with E-state index >= 15 is 0 Å². The number of aliphatic imine (C=N–C) groups is 1. The molecule has 0 saturated carbocycles. The van der Waals surface area contributed by atoms with Crippen LogP contribution in [0.5, 0.6) is 0 Å². The van der Waals surface area contributed by atoms with Gasteiger partial charge in [0, 0.05) is 20.0 Å². The van der Waals surface area contributed by atoms with E-state index in [-0.39, 0.29) is 0 Å². The van der Waals surface area contributed by atoms with Gasteiger partial charge in [-0.25, -0.2) is 4.99 Å². The molecule has 0 unspecified atom stereocenters. The summed E-state index contributed by atoms with van der Waals surface area (Å²) in [6, 6.07) is 8.71. The monoisotopic (exact) mass is 230 g/mol. The SMILES string of the molecule is CCCCc1ccc(N=C2CCCN2C)cc1. The molecule has 2 rings (SSSR count). The molecule has 17 heavy (non-hydrogen) atoms. The van der Waals surface area contributed by atoms with Crippen molar-refractivity contribution < 1.29 is 0 Å². The molecular formula is C15H22N2. The van der Waals surface area contributed by atoms with E-state index in [1.807, 2.05) is 0 Å². The molecule has 1 aromatic rings. The van der Waals surface area contributed by atoms with Crippen molar-refractivity contribution in [2.24, 2.45) is 4.99 Å². The zero-order valence-corrected chi connectivity index (χ0v) is 10.9. The fourth-order valence-electron chi connectivity index (χ4n) is 2.20. The molecule has 92 valence electrons. The van der Waals surface area contributed by atoms with E-state index in [4.69, 9.17) is 4.99 Å². The van der Waals surface area contributed by atoms with Crippen molar-refractivity contribution in [3.8, 4) is 0 Å². The van der Waals surface area contributed by atoms with Gasteiger partial charge in [0.15, 0.2) is 0 Å². The van der Waals surface area contributed by atoms with Gasteiger partial charge in [0.2, 0.25) is 0 Å². The maximum absolute atomic E-state index is 4.70. The summed E-state index contributed by atoms with van der Waals surface area (Å²) >= 11 is 0. The number of hydrogen-bond donors (Lipinski definition) is 0. The molecule has 2 nitrogen and oxygen atoms in total. The number of likely N-dealkylation sites (tertiary alicyclic amines) is 1. The highest BCUT2D eigenvalue weighted by Crippen LogP contribution is 2.18. The zero-order valence-electron chi connectivity index (χ0n) is 10.9. The van der Waals surface area contributed by atoms with Gasteiger partial charge in [-0.3, -0.25) is 0 Å². The molecule has 0 atom stereocenters. The van der Waals surface area contributed by atoms with Crippen LogP contribution in [0, 0.1) is 0 Å². The van der Waals surface area contributed by atoms with Crippen molar-refractivity contribution in [2.75, 3.05) is 13.6 Å². The van der Waals surface area contributed by atoms with Crippen molar-refractivity contribution in [1.29, 1.82) is 0 Å². The normalized spacial score (nSPS) is 18.0. The lowest BCUT2D eigenvalue weighted by molar-refractivity contribution is 0.550. The Hall–Kier alpha value is -1.31. The number of aryl methyl sites for hydroxylation is 1. The van der Waals surface area contributed by atoms with Crippen LogP contribution in [-0.2, 0) is 6.42 Å². The Bertz CT molecular complexity index is 378. The van der Waals surface area contributed by atoms with E-state index in [0.717, 1.165) is 18.7 Å². The Morgan fingerprint density at radius 1 is 1.24 bits per heavy atom. The highest BCUT2D eigenvalue weighted by atomic mass is 15.2. The summed E-state index contributed by atoms with van der Waals surface area (Å²) in [6.07, 6.45) is 6.08. The lowest BCUT2D eigenvalue weighted by Crippen LogP contribution is -2.18. The molecule has 0 radical (unpaired) electrons. The average Bonchev–Trinajstić information content (AvgIpc) is 2.74. The van der Waals surface area contributed by atoms with E-state index in [2.05, 4.69) is 43.1 Å². The maximum atomic E-state index is 4.70. The molecule has 1 fully saturated rings. The van der Waals surface area contributed by atoms with Crippen LogP contribution >= 0.6 is 0 Å². The number of unbranched alkanes of at least 4 members (excludes halogenated alkanes) is 1. The van der Waals surface area contributed by atoms with Crippen molar-refractivity contribution in [3.05, 3.63) is 29.8 Å². The Morgan fingerprint density at radius 2 is 2.00 bits per heavy atom. The van der Waals surface area contributed by atoms with Crippen molar-refractivity contribution in [2.45, 2.75) is 39.0 Å². The minimum absolute atomic E-state index is 1.09. The highest BCUT2D eigenvalue weighted by molar-refractivity contribution is 5.86. The molecule has 1 aromatic carbocycles. The van der Waals surface area contributed by atoms with Crippen LogP contribution in [0.25, 0.3) is 0 Å². The van der Waals surface area contributed by atoms with Gasteiger partial charge in [-0.1, -0.05) is 25.5 Å². The van der Waals surface area contributed by atoms with Crippen LogP contribution in [0.4, 0.5) is 5.69 Å². The second-order valence-electron chi connectivity index (χ2n) is 4.82. The summed E-state index contributed by atoms with van der Waals surface area (Å²) in [5.41, 5.74) is 2.52. The number of rotatable bonds is 4. The van der Waals surface area contributed by atoms with Crippen LogP contribution in [0.3, 0.4) is 0 Å². The van der Waals surface area contributed by atoms with Crippen molar-refractivity contribution in [1.82, 2.24) is 4.90 Å². The predicted octanol–water partition coefficient (Wildman–Crippen LogP) is 3.78. The van der Waals surface area contributed by atoms with Crippen LogP contribution in [0.1, 0.15) is 38.2 Å². The van der Waals surface area contributed by atoms with Crippen molar-refractivity contribution >= 4 is 11.5 Å². The predicted molar refractivity (Wildman–Crippen MR) is 74.0 cm³/mol. The zero-order chi connectivity index (χ0) is 12.1. The number of hydrogen-bond acceptors (Lipinski definition) is 1. The molecule has 0 N–H and O–H groups in total. The first kappa shape index (κ1) is 12.2. The first-order valence-electron chi connectivity index (χ1n) is 6.67. The third kappa shape index (κ3) is 3.32. The number of nitrogens with zero attached hydrogens (tertiary/aromatic N) is 2. The van der Waals surface area contributed by atoms with Crippen molar-refractivity contribution in [3.63, 3.8) is 0 Å². The van der Waals surface area contributed by atoms with E-state index in [1.165, 1.54) is 37.1 Å². The summed E-state index contributed by atoms with van der Waals surface area (Å²) in [6.45, 7) is 3.38. The van der Waals surface area contributed by atoms with Crippen LogP contribution in [-0.4, -0.2) is 24.3 Å². The molecule has 2 heteroatoms. The Morgan fingerprint density at radius 3 is 2.59 bits per heavy atom. The minimum Gasteiger partial charge on any atom is -0.363 e. The van der Waals surface area contributed by atoms with Crippen LogP contribution < -0.4 is 0 Å². The third-order valence-corrected chi connectivity index (χ3v) is 3.35. The molecule has 1 aliphatic heterocycles. The quantitative estimate of drug-likeness (QED) is 0.768. The molecular weight excluding hydrogens is 208 g/mol. The third-order valence-electron chi connectivity index (χ3n) is 3.35. The molecule has 0 aliphatic carbocycles. The van der Waals surface area contributed by atoms with Gasteiger partial charge in [0.05, 0.1) is 5.69 Å². The van der Waals surface area contributed by atoms with Gasteiger partial charge in [0.1, 0.15) is 5.84 Å². The Balaban J connectivity index is 2.02. The topological polar surface area (TPSA) is 15.6 Å². The summed E-state index contributed by atoms with van der Waals surface area (Å²) in [7, 11) is 2.13. The molecule has 1 aliphatic rings. The van der Waals surface area contributed by atoms with Gasteiger partial charge in [0.25, 0.3) is 0 Å². The van der Waals surface area contributed by atoms with Crippen LogP contribution in [0.15, 0.2) is 29.3 Å². The van der Waals surface area contributed by atoms with Gasteiger partial charge in [-0.15, -0.1) is 0 Å². The molecule has 1 saturated heterocycles. The van der Waals surface area contributed by atoms with Crippen LogP contribution in [0.2, 0.25) is 0 Å². The smallest absolute Gasteiger partial charge is 0.105 e. The van der Waals surface area contributed by atoms with Gasteiger partial charge in [-0.2, -0.15) is 0 Å². The first-order valence-corrected chi connectivity index (χ1v) is 6.67. The summed E-state index contributed by atoms with van der Waals surface area (Å²) in [5.74, 6) is 1.23. The fourth-order valence-corrected chi connectivity index (χ4v) is 2.20. The van der Waals surface area contributed by atoms with Gasteiger partial charge in [-0.05, 0) is 37.0 Å². The van der Waals surface area contributed by atoms with Gasteiger partial charge < -0.3 is 4.90 Å². The lowest BCUT2D eigenvalue weighted by atomic mass is 10.1. The molecule has 0 aromatic heterocycles. The standard InChI is InChI=1S/C15H22N2/c1-3-4-6-13-8-10-14(11-9-13)16-15-7-5-12-17(15)2/h8-11H,3-7,12H2,1-2H3. The average molecular weight is 230 g/mol. The molecule has 0 amide bonds. The Labute approximate surface area is 104 Å². The lowest BCUT2D eigenvalue weighted by Gasteiger charge is -2.10. The number of benzene rings is 1. The second-order valence-corrected chi connectivity index (χ2v) is 4.82. The summed E-state index contributed by atoms with van der Waals surface area (Å²) < 4.78 is 0. The maximum Gasteiger partial charge on any atom is 0.105 e. The summed E-state index contributed by atoms with van der Waals surface area (Å²) in [5, 5.41) is 0. The second kappa shape index (κ2) is 5.85. The minimum atomic E-state index is 1.09. The number of amidine groups is 1. The van der Waals surface area contributed by atoms with Gasteiger partial charge >= 0.3 is 0 Å². The first-order chi connectivity index (χ1) is 8.29. The molecule has 0 bridgehead atoms. The fraction of sp³-hybridized carbons (Fsp3) is 0.533. The highest BCUT2D eigenvalue weighted by Gasteiger charge is 2.13. The van der Waals surface area contributed by atoms with E-state index in [0.29, 0.717) is 0 Å². The largest absolute Gasteiger partial charge is 0.363 e.